The molecule has 1 aliphatic heterocycles. The predicted molar refractivity (Wildman–Crippen MR) is 445 cm³/mol. The van der Waals surface area contributed by atoms with Crippen molar-refractivity contribution in [2.45, 2.75) is 203 Å². The molecule has 648 valence electrons. The summed E-state index contributed by atoms with van der Waals surface area (Å²) in [5.74, 6) is -10.5. The molecule has 3 aromatic rings. The quantitative estimate of drug-likeness (QED) is 0.0120. The lowest BCUT2D eigenvalue weighted by Gasteiger charge is -2.30. The minimum Gasteiger partial charge on any atom is -0.490 e. The Labute approximate surface area is 688 Å². The number of benzene rings is 3. The van der Waals surface area contributed by atoms with Gasteiger partial charge in [0.1, 0.15) is 91.2 Å². The van der Waals surface area contributed by atoms with Crippen LogP contribution in [0.1, 0.15) is 134 Å². The first-order valence-electron chi connectivity index (χ1n) is 39.5. The number of primary amides is 1. The molecule has 1 aliphatic rings. The second-order valence-corrected chi connectivity index (χ2v) is 29.0. The third-order valence-electron chi connectivity index (χ3n) is 18.7. The van der Waals surface area contributed by atoms with Crippen LogP contribution in [0.25, 0.3) is 0 Å². The second-order valence-electron chi connectivity index (χ2n) is 29.0. The van der Waals surface area contributed by atoms with Gasteiger partial charge in [0.05, 0.1) is 0 Å². The van der Waals surface area contributed by atoms with Gasteiger partial charge in [-0.05, 0) is 150 Å². The Bertz CT molecular complexity index is 3870. The highest BCUT2D eigenvalue weighted by Crippen LogP contribution is 2.22. The Morgan fingerprint density at radius 2 is 0.847 bits per heavy atom. The van der Waals surface area contributed by atoms with Gasteiger partial charge in [-0.1, -0.05) is 93.8 Å². The lowest BCUT2D eigenvalue weighted by Crippen LogP contribution is -2.61. The molecule has 1 fully saturated rings. The predicted octanol–water partition coefficient (Wildman–Crippen LogP) is -2.56. The van der Waals surface area contributed by atoms with Crippen molar-refractivity contribution in [2.24, 2.45) is 40.3 Å². The summed E-state index contributed by atoms with van der Waals surface area (Å²) >= 11 is 0. The van der Waals surface area contributed by atoms with Crippen molar-refractivity contribution in [2.75, 3.05) is 52.5 Å². The second kappa shape index (κ2) is 52.8. The Balaban J connectivity index is 1.70. The minimum atomic E-state index is -1.51. The maximum atomic E-state index is 15.2. The van der Waals surface area contributed by atoms with E-state index in [1.54, 1.807) is 105 Å². The Kier molecular flexibility index (Phi) is 43.8. The van der Waals surface area contributed by atoms with Crippen LogP contribution in [0, 0.1) is 27.6 Å². The molecule has 0 spiro atoms. The van der Waals surface area contributed by atoms with Crippen LogP contribution in [-0.2, 0) is 76.8 Å². The highest BCUT2D eigenvalue weighted by molar-refractivity contribution is 6.00. The number of rotatable bonds is 55. The Morgan fingerprint density at radius 1 is 0.449 bits per heavy atom. The van der Waals surface area contributed by atoms with Crippen LogP contribution in [0.5, 0.6) is 11.5 Å². The van der Waals surface area contributed by atoms with Gasteiger partial charge in [-0.25, -0.2) is 0 Å². The van der Waals surface area contributed by atoms with Gasteiger partial charge in [0.2, 0.25) is 70.9 Å². The number of hydrogen-bond donors (Lipinski definition) is 24. The van der Waals surface area contributed by atoms with Crippen molar-refractivity contribution in [3.8, 4) is 11.5 Å². The standard InChI is InChI=1S/C79H123N25O14/c1-7-40-117-53-32-30-51(31-33-53)45-63(102-71(112)61(95-49(6)105)46-52-22-14-23-54(43-52)118-41-8-2)73(114)103-62(44-50-20-10-9-11-21-50)72(113)99-58(27-17-37-92-78(86)87)69(110)101-60(42-47(3)4)70(111)98-57(26-16-36-91-77(84)85)68(109)97-56(25-15-35-90-76(82)83)67(108)94-48(5)66(107)100-59(28-18-38-93-79(88)89)75(116)104-39-19-29-64(104)74(115)96-55(65(81)106)24-12-13-34-80/h7-11,14,20-23,30-33,43,47-48,55-64H,1-2,12-13,15-19,24-29,34-42,44-46,80H2,3-6H3,(H2,81,106)(H,94,108)(H,95,105)(H,96,115)(H,97,109)(H,98,111)(H,99,113)(H,100,107)(H,101,110)(H,102,112)(H,103,114)(H4,82,83,90)(H4,84,85,91)(H4,86,87,92)(H4,88,89,93)/t48-,55+,56+,57+,58+,59+,60+,61+,62+,63+,64+/m1/s1. The summed E-state index contributed by atoms with van der Waals surface area (Å²) in [7, 11) is 0. The molecule has 12 amide bonds. The van der Waals surface area contributed by atoms with Gasteiger partial charge in [0, 0.05) is 58.9 Å². The lowest BCUT2D eigenvalue weighted by molar-refractivity contribution is -0.142. The summed E-state index contributed by atoms with van der Waals surface area (Å²) in [4.78, 5) is 173. The molecule has 0 saturated carbocycles. The van der Waals surface area contributed by atoms with E-state index in [2.05, 4.69) is 87.6 Å². The number of carbonyl (C=O) groups excluding carboxylic acids is 12. The van der Waals surface area contributed by atoms with Crippen molar-refractivity contribution in [1.82, 2.24) is 79.3 Å². The first-order chi connectivity index (χ1) is 56.2. The first kappa shape index (κ1) is 97.8. The topological polar surface area (TPSA) is 646 Å². The Hall–Kier alpha value is -12.6. The maximum absolute atomic E-state index is 15.2. The van der Waals surface area contributed by atoms with E-state index < -0.39 is 155 Å². The summed E-state index contributed by atoms with van der Waals surface area (Å²) in [5, 5.41) is 68.7. The van der Waals surface area contributed by atoms with Crippen molar-refractivity contribution >= 4 is 94.7 Å². The summed E-state index contributed by atoms with van der Waals surface area (Å²) in [6.07, 6.45) is 4.49. The van der Waals surface area contributed by atoms with Crippen LogP contribution in [-0.4, -0.2) is 219 Å². The Morgan fingerprint density at radius 3 is 1.31 bits per heavy atom. The van der Waals surface area contributed by atoms with E-state index in [-0.39, 0.29) is 148 Å². The van der Waals surface area contributed by atoms with Gasteiger partial charge >= 0.3 is 0 Å². The molecule has 0 aromatic heterocycles. The molecule has 30 N–H and O–H groups in total. The molecule has 0 aliphatic carbocycles. The molecule has 118 heavy (non-hydrogen) atoms. The number of guanidine groups is 4. The maximum Gasteiger partial charge on any atom is 0.245 e. The molecular formula is C79H123N25O14. The number of likely N-dealkylation sites (tertiary alicyclic amines) is 1. The number of nitrogens with one attached hydrogen (secondary N) is 18. The number of unbranched alkanes of at least 4 members (excludes halogenated alkanes) is 1. The average Bonchev–Trinajstić information content (AvgIpc) is 1.61. The third-order valence-corrected chi connectivity index (χ3v) is 18.7. The fourth-order valence-electron chi connectivity index (χ4n) is 12.7. The lowest BCUT2D eigenvalue weighted by atomic mass is 10.00. The highest BCUT2D eigenvalue weighted by Gasteiger charge is 2.41. The van der Waals surface area contributed by atoms with Crippen molar-refractivity contribution in [1.29, 1.82) is 21.6 Å². The number of nitrogens with two attached hydrogens (primary N) is 6. The van der Waals surface area contributed by atoms with Gasteiger partial charge in [0.25, 0.3) is 0 Å². The normalized spacial score (nSPS) is 14.7. The summed E-state index contributed by atoms with van der Waals surface area (Å²) < 4.78 is 11.4. The van der Waals surface area contributed by atoms with Crippen LogP contribution in [0.4, 0.5) is 0 Å². The molecule has 1 saturated heterocycles. The largest absolute Gasteiger partial charge is 0.490 e. The molecule has 0 bridgehead atoms. The van der Waals surface area contributed by atoms with Crippen LogP contribution in [0.2, 0.25) is 0 Å². The smallest absolute Gasteiger partial charge is 0.245 e. The number of ether oxygens (including phenoxy) is 2. The highest BCUT2D eigenvalue weighted by atomic mass is 16.5. The van der Waals surface area contributed by atoms with Crippen LogP contribution in [0.15, 0.2) is 104 Å². The monoisotopic (exact) mass is 1650 g/mol. The molecule has 11 atom stereocenters. The van der Waals surface area contributed by atoms with Crippen molar-refractivity contribution in [3.63, 3.8) is 0 Å². The zero-order valence-corrected chi connectivity index (χ0v) is 67.8. The molecule has 1 heterocycles. The van der Waals surface area contributed by atoms with Gasteiger partial charge in [-0.3, -0.25) is 79.2 Å². The molecule has 4 rings (SSSR count). The summed E-state index contributed by atoms with van der Waals surface area (Å²) in [6, 6.07) is 7.27. The van der Waals surface area contributed by atoms with Crippen molar-refractivity contribution in [3.05, 3.63) is 121 Å². The number of amides is 12. The van der Waals surface area contributed by atoms with E-state index >= 15 is 14.4 Å². The number of carbonyl (C=O) groups is 12. The first-order valence-corrected chi connectivity index (χ1v) is 39.5. The summed E-state index contributed by atoms with van der Waals surface area (Å²) in [6.45, 7) is 14.5. The zero-order chi connectivity index (χ0) is 87.2. The zero-order valence-electron chi connectivity index (χ0n) is 67.8. The van der Waals surface area contributed by atoms with E-state index in [0.29, 0.717) is 54.0 Å². The molecule has 0 unspecified atom stereocenters. The minimum absolute atomic E-state index is 0.0193. The van der Waals surface area contributed by atoms with Gasteiger partial charge < -0.3 is 123 Å². The molecular weight excluding hydrogens is 1520 g/mol. The summed E-state index contributed by atoms with van der Waals surface area (Å²) in [5.41, 5.74) is 35.3. The fourth-order valence-corrected chi connectivity index (χ4v) is 12.7. The van der Waals surface area contributed by atoms with E-state index in [1.807, 2.05) is 0 Å². The SMILES string of the molecule is C=CCOc1ccc(C[C@H](NC(=O)[C@H](Cc2cccc(OCC=C)c2)NC(C)=O)C(=O)N[C@@H](Cc2ccccc2)C(=O)N[C@@H](CCCNC(=N)N)C(=O)N[C@@H](CC(C)C)C(=O)N[C@@H](CCCNC(=N)N)C(=O)N[C@@H](CCCNC(=N)N)C(=O)N[C@H](C)C(=O)N[C@@H](CCCNC(=N)N)C(=O)N2CCC[C@H]2C(=O)N[C@@H](CCCCN)C(N)=O)cc1. The molecule has 3 aromatic carbocycles. The number of hydrogen-bond acceptors (Lipinski definition) is 19. The average molecular weight is 1650 g/mol. The number of nitrogens with zero attached hydrogens (tertiary/aromatic N) is 1. The van der Waals surface area contributed by atoms with E-state index in [0.717, 1.165) is 0 Å². The van der Waals surface area contributed by atoms with Crippen LogP contribution >= 0.6 is 0 Å². The van der Waals surface area contributed by atoms with Gasteiger partial charge in [-0.2, -0.15) is 0 Å². The van der Waals surface area contributed by atoms with Crippen molar-refractivity contribution < 1.29 is 67.0 Å². The van der Waals surface area contributed by atoms with E-state index in [1.165, 1.54) is 18.7 Å². The third kappa shape index (κ3) is 37.4. The van der Waals surface area contributed by atoms with Crippen LogP contribution in [0.3, 0.4) is 0 Å². The van der Waals surface area contributed by atoms with E-state index in [4.69, 9.17) is 65.5 Å². The molecule has 39 nitrogen and oxygen atoms in total. The van der Waals surface area contributed by atoms with Gasteiger partial charge in [-0.15, -0.1) is 0 Å². The van der Waals surface area contributed by atoms with E-state index in [9.17, 15) is 43.2 Å². The fraction of sp³-hybridized carbons (Fsp3) is 0.519. The molecule has 39 heteroatoms. The van der Waals surface area contributed by atoms with Crippen LogP contribution < -0.4 is 118 Å². The van der Waals surface area contributed by atoms with Gasteiger partial charge in [0.15, 0.2) is 23.8 Å². The molecule has 0 radical (unpaired) electrons.